The summed E-state index contributed by atoms with van der Waals surface area (Å²) in [6.07, 6.45) is -0.245. The van der Waals surface area contributed by atoms with Crippen molar-refractivity contribution in [2.75, 3.05) is 14.2 Å². The minimum Gasteiger partial charge on any atom is -0.632 e. The average Bonchev–Trinajstić information content (AvgIpc) is 3.76. The number of fused-ring (bicyclic) bond motifs is 1. The van der Waals surface area contributed by atoms with Gasteiger partial charge in [0.15, 0.2) is 0 Å². The molecule has 6 rings (SSSR count). The van der Waals surface area contributed by atoms with Crippen molar-refractivity contribution in [2.24, 2.45) is 0 Å². The van der Waals surface area contributed by atoms with Gasteiger partial charge in [0.1, 0.15) is 0 Å². The molecule has 2 radical (unpaired) electrons. The zero-order valence-corrected chi connectivity index (χ0v) is 31.3. The number of hydrogen-bond acceptors (Lipinski definition) is 8. The smallest absolute Gasteiger partial charge is 0.632 e. The van der Waals surface area contributed by atoms with Gasteiger partial charge in [-0.2, -0.15) is 17.2 Å². The van der Waals surface area contributed by atoms with Gasteiger partial charge >= 0.3 is 37.1 Å². The quantitative estimate of drug-likeness (QED) is 0.119. The number of carbonyl (C=O) groups excluding carboxylic acids is 4. The van der Waals surface area contributed by atoms with Gasteiger partial charge < -0.3 is 40.5 Å². The van der Waals surface area contributed by atoms with Crippen molar-refractivity contribution < 1.29 is 65.8 Å². The second kappa shape index (κ2) is 20.9. The Balaban J connectivity index is 0.000000639. The van der Waals surface area contributed by atoms with Crippen molar-refractivity contribution in [3.63, 3.8) is 0 Å². The third-order valence-corrected chi connectivity index (χ3v) is 7.90. The normalized spacial score (nSPS) is 10.2. The van der Waals surface area contributed by atoms with E-state index in [1.807, 2.05) is 24.2 Å². The zero-order chi connectivity index (χ0) is 34.5. The average molecular weight is 780 g/mol. The van der Waals surface area contributed by atoms with Crippen LogP contribution in [0.3, 0.4) is 0 Å². The fraction of sp³-hybridized carbons (Fsp3) is 0.0588. The number of carbonyl (C=O) groups is 2. The monoisotopic (exact) mass is 780 g/mol. The number of aromatic amines is 2. The van der Waals surface area contributed by atoms with Crippen LogP contribution in [0.2, 0.25) is 0 Å². The number of imidazole rings is 2. The molecule has 0 bridgehead atoms. The third kappa shape index (κ3) is 11.8. The van der Waals surface area contributed by atoms with Crippen LogP contribution < -0.4 is 11.1 Å². The first-order chi connectivity index (χ1) is 23.2. The number of benzene rings is 4. The molecule has 2 aromatic heterocycles. The number of ether oxygens (including phenoxy) is 2. The van der Waals surface area contributed by atoms with Gasteiger partial charge in [0.25, 0.3) is 0 Å². The van der Waals surface area contributed by atoms with E-state index in [9.17, 15) is 19.2 Å². The summed E-state index contributed by atoms with van der Waals surface area (Å²) < 4.78 is 7.56. The number of amides is 2. The van der Waals surface area contributed by atoms with E-state index >= 15 is 0 Å². The molecule has 0 spiro atoms. The van der Waals surface area contributed by atoms with Gasteiger partial charge in [-0.3, -0.25) is 9.59 Å². The van der Waals surface area contributed by atoms with Gasteiger partial charge in [-0.1, -0.05) is 78.9 Å². The van der Waals surface area contributed by atoms with Gasteiger partial charge in [-0.15, -0.1) is 0 Å². The van der Waals surface area contributed by atoms with E-state index in [2.05, 4.69) is 108 Å². The standard InChI is InChI=1S/C30H20N4O2P2.2C2H5NO2.2V/c35-17-37-29-31-16-28(34-29)24-11-9-22(10-12-24)20-3-1-19(2-4-20)21-5-7-23(8-6-21)25-13-14-26-27(15-25)33-30(32-26)38-18-36;2*1-5-2(3)4;;/h1-16,37-38H,(H,31,34)(H,32,33);2*1H3,(H2,3,4);;/q-2;;;2*+2/p-2. The van der Waals surface area contributed by atoms with Gasteiger partial charge in [0, 0.05) is 0 Å². The van der Waals surface area contributed by atoms with Crippen molar-refractivity contribution in [3.8, 4) is 44.6 Å². The predicted octanol–water partition coefficient (Wildman–Crippen LogP) is 7.30. The molecule has 2 amide bonds. The second-order valence-corrected chi connectivity index (χ2v) is 11.5. The number of methoxy groups -OCH3 is 2. The van der Waals surface area contributed by atoms with Crippen LogP contribution in [0.5, 0.6) is 0 Å². The van der Waals surface area contributed by atoms with Gasteiger partial charge in [-0.25, -0.2) is 22.0 Å². The molecule has 16 heteroatoms. The third-order valence-electron chi connectivity index (χ3n) is 6.73. The molecule has 0 fully saturated rings. The summed E-state index contributed by atoms with van der Waals surface area (Å²) in [6, 6.07) is 35.2. The molecule has 2 heterocycles. The van der Waals surface area contributed by atoms with Crippen LogP contribution in [0.4, 0.5) is 9.59 Å². The Bertz CT molecular complexity index is 1990. The molecule has 0 aliphatic heterocycles. The molecule has 250 valence electrons. The van der Waals surface area contributed by atoms with Gasteiger partial charge in [0.05, 0.1) is 48.3 Å². The summed E-state index contributed by atoms with van der Waals surface area (Å²) in [5.41, 5.74) is 23.7. The van der Waals surface area contributed by atoms with Gasteiger partial charge in [-0.05, 0) is 51.1 Å². The van der Waals surface area contributed by atoms with E-state index in [-0.39, 0.29) is 54.3 Å². The topological polar surface area (TPSA) is 192 Å². The Labute approximate surface area is 315 Å². The zero-order valence-electron chi connectivity index (χ0n) is 26.5. The van der Waals surface area contributed by atoms with Crippen LogP contribution in [0.25, 0.3) is 67.1 Å². The van der Waals surface area contributed by atoms with E-state index in [0.717, 1.165) is 69.9 Å². The Morgan fingerprint density at radius 2 is 1.00 bits per heavy atom. The molecule has 50 heavy (non-hydrogen) atoms. The maximum absolute atomic E-state index is 10.7. The molecule has 0 saturated heterocycles. The summed E-state index contributed by atoms with van der Waals surface area (Å²) >= 11 is 0. The molecule has 2 atom stereocenters. The molecule has 0 saturated carbocycles. The first-order valence-electron chi connectivity index (χ1n) is 14.0. The SMILES string of the molecule is COC([NH-])=O.COC([NH-])=O.O=[C-]Pc1ncc(-c2ccc(-c3ccc(-c4ccc(-c5ccc6nc(P[C-]=O)[nH]c6c5)cc4)cc3)cc2)[nH]1.[V+2].[V+2]. The fourth-order valence-electron chi connectivity index (χ4n) is 4.43. The van der Waals surface area contributed by atoms with Crippen LogP contribution in [0, 0.1) is 0 Å². The maximum atomic E-state index is 10.7. The van der Waals surface area contributed by atoms with Crippen molar-refractivity contribution in [2.45, 2.75) is 0 Å². The summed E-state index contributed by atoms with van der Waals surface area (Å²) in [4.78, 5) is 54.8. The summed E-state index contributed by atoms with van der Waals surface area (Å²) in [5, 5.41) is 0. The molecule has 2 unspecified atom stereocenters. The molecule has 0 aliphatic carbocycles. The molecule has 0 aliphatic rings. The number of rotatable bonds is 8. The summed E-state index contributed by atoms with van der Waals surface area (Å²) in [6.45, 7) is 0. The Morgan fingerprint density at radius 1 is 0.620 bits per heavy atom. The van der Waals surface area contributed by atoms with E-state index in [4.69, 9.17) is 11.5 Å². The minimum absolute atomic E-state index is 0. The molecular formula is C34H28N6O6P2V2. The first-order valence-corrected chi connectivity index (χ1v) is 16.0. The van der Waals surface area contributed by atoms with Crippen molar-refractivity contribution in [1.29, 1.82) is 0 Å². The van der Waals surface area contributed by atoms with E-state index in [0.29, 0.717) is 11.1 Å². The van der Waals surface area contributed by atoms with Crippen LogP contribution in [0.1, 0.15) is 0 Å². The Hall–Kier alpha value is -4.53. The second-order valence-electron chi connectivity index (χ2n) is 9.63. The van der Waals surface area contributed by atoms with Crippen LogP contribution in [0.15, 0.2) is 97.2 Å². The molecular weight excluding hydrogens is 752 g/mol. The minimum atomic E-state index is -0.995. The molecule has 12 nitrogen and oxygen atoms in total. The largest absolute Gasteiger partial charge is 2.00 e. The molecule has 4 N–H and O–H groups in total. The van der Waals surface area contributed by atoms with Crippen LogP contribution in [-0.2, 0) is 56.2 Å². The van der Waals surface area contributed by atoms with Gasteiger partial charge in [0.2, 0.25) is 12.2 Å². The van der Waals surface area contributed by atoms with Crippen molar-refractivity contribution in [1.82, 2.24) is 19.9 Å². The number of aromatic nitrogens is 4. The predicted molar refractivity (Wildman–Crippen MR) is 191 cm³/mol. The molecule has 4 aromatic carbocycles. The number of nitrogens with zero attached hydrogens (tertiary/aromatic N) is 2. The Morgan fingerprint density at radius 3 is 1.42 bits per heavy atom. The van der Waals surface area contributed by atoms with Crippen LogP contribution in [-0.4, -0.2) is 58.4 Å². The van der Waals surface area contributed by atoms with E-state index in [1.165, 1.54) is 0 Å². The van der Waals surface area contributed by atoms with E-state index in [1.54, 1.807) is 6.20 Å². The molecule has 6 aromatic rings. The Kier molecular flexibility index (Phi) is 17.4. The number of H-pyrrole nitrogens is 2. The maximum Gasteiger partial charge on any atom is 2.00 e. The van der Waals surface area contributed by atoms with Crippen molar-refractivity contribution >= 4 is 63.6 Å². The number of nitrogens with one attached hydrogen (secondary N) is 4. The fourth-order valence-corrected chi connectivity index (χ4v) is 5.32. The van der Waals surface area contributed by atoms with Crippen LogP contribution >= 0.6 is 17.2 Å². The first kappa shape index (κ1) is 41.6. The van der Waals surface area contributed by atoms with E-state index < -0.39 is 12.2 Å². The summed E-state index contributed by atoms with van der Waals surface area (Å²) in [7, 11) is 2.15. The number of hydrogen-bond donors (Lipinski definition) is 2. The summed E-state index contributed by atoms with van der Waals surface area (Å²) in [5.74, 6) is 0. The van der Waals surface area contributed by atoms with Crippen molar-refractivity contribution in [3.05, 3.63) is 109 Å².